The van der Waals surface area contributed by atoms with Crippen molar-refractivity contribution in [1.82, 2.24) is 5.32 Å². The van der Waals surface area contributed by atoms with Crippen LogP contribution in [0.1, 0.15) is 18.9 Å². The topological polar surface area (TPSA) is 55.2 Å². The lowest BCUT2D eigenvalue weighted by molar-refractivity contribution is -0.385. The van der Waals surface area contributed by atoms with Crippen LogP contribution >= 0.6 is 15.9 Å². The Balaban J connectivity index is 2.59. The van der Waals surface area contributed by atoms with Crippen LogP contribution in [0, 0.1) is 10.1 Å². The van der Waals surface area contributed by atoms with Gasteiger partial charge >= 0.3 is 0 Å². The Morgan fingerprint density at radius 1 is 1.53 bits per heavy atom. The van der Waals surface area contributed by atoms with Crippen LogP contribution in [0.15, 0.2) is 34.8 Å². The molecule has 17 heavy (non-hydrogen) atoms. The molecule has 0 heterocycles. The minimum absolute atomic E-state index is 0.109. The number of nitro groups is 1. The molecule has 4 nitrogen and oxygen atoms in total. The van der Waals surface area contributed by atoms with Crippen molar-refractivity contribution in [2.75, 3.05) is 6.54 Å². The van der Waals surface area contributed by atoms with Crippen molar-refractivity contribution >= 4 is 21.6 Å². The zero-order chi connectivity index (χ0) is 12.7. The van der Waals surface area contributed by atoms with Gasteiger partial charge in [-0.1, -0.05) is 24.3 Å². The highest BCUT2D eigenvalue weighted by molar-refractivity contribution is 9.10. The van der Waals surface area contributed by atoms with Gasteiger partial charge in [0.25, 0.3) is 5.69 Å². The average Bonchev–Trinajstić information content (AvgIpc) is 2.30. The number of hydrogen-bond donors (Lipinski definition) is 1. The molecule has 1 aromatic rings. The van der Waals surface area contributed by atoms with Crippen molar-refractivity contribution in [3.63, 3.8) is 0 Å². The summed E-state index contributed by atoms with van der Waals surface area (Å²) in [5, 5.41) is 14.0. The van der Waals surface area contributed by atoms with Crippen LogP contribution in [0.4, 0.5) is 5.69 Å². The number of nitrogens with one attached hydrogen (secondary N) is 1. The monoisotopic (exact) mass is 298 g/mol. The van der Waals surface area contributed by atoms with E-state index in [2.05, 4.69) is 27.3 Å². The second-order valence-corrected chi connectivity index (χ2v) is 4.33. The molecule has 0 atom stereocenters. The first-order valence-corrected chi connectivity index (χ1v) is 6.19. The van der Waals surface area contributed by atoms with Gasteiger partial charge in [0.1, 0.15) is 0 Å². The van der Waals surface area contributed by atoms with Gasteiger partial charge in [0.2, 0.25) is 0 Å². The van der Waals surface area contributed by atoms with Crippen LogP contribution in [-0.4, -0.2) is 11.5 Å². The molecule has 0 aliphatic carbocycles. The molecule has 5 heteroatoms. The lowest BCUT2D eigenvalue weighted by Crippen LogP contribution is -2.14. The molecule has 0 amide bonds. The Labute approximate surface area is 109 Å². The Kier molecular flexibility index (Phi) is 5.86. The van der Waals surface area contributed by atoms with Gasteiger partial charge in [-0.3, -0.25) is 10.1 Å². The largest absolute Gasteiger partial charge is 0.312 e. The number of rotatable bonds is 6. The Hall–Kier alpha value is -1.20. The van der Waals surface area contributed by atoms with Crippen LogP contribution in [0.5, 0.6) is 0 Å². The Bertz CT molecular complexity index is 419. The highest BCUT2D eigenvalue weighted by Crippen LogP contribution is 2.27. The van der Waals surface area contributed by atoms with Crippen LogP contribution < -0.4 is 5.32 Å². The molecule has 0 aliphatic rings. The third-order valence-electron chi connectivity index (χ3n) is 2.29. The van der Waals surface area contributed by atoms with E-state index in [1.54, 1.807) is 6.07 Å². The maximum absolute atomic E-state index is 10.7. The van der Waals surface area contributed by atoms with Crippen molar-refractivity contribution in [2.24, 2.45) is 0 Å². The second kappa shape index (κ2) is 7.19. The van der Waals surface area contributed by atoms with Crippen molar-refractivity contribution in [3.8, 4) is 0 Å². The lowest BCUT2D eigenvalue weighted by atomic mass is 10.2. The van der Waals surface area contributed by atoms with Gasteiger partial charge in [0, 0.05) is 12.6 Å². The summed E-state index contributed by atoms with van der Waals surface area (Å²) in [6.07, 6.45) is 5.05. The number of hydrogen-bond acceptors (Lipinski definition) is 3. The minimum atomic E-state index is -0.382. The van der Waals surface area contributed by atoms with E-state index in [0.717, 1.165) is 18.5 Å². The van der Waals surface area contributed by atoms with Crippen molar-refractivity contribution in [2.45, 2.75) is 19.9 Å². The molecule has 0 aromatic heterocycles. The van der Waals surface area contributed by atoms with Crippen LogP contribution in [0.25, 0.3) is 0 Å². The molecule has 1 rings (SSSR count). The highest BCUT2D eigenvalue weighted by atomic mass is 79.9. The first-order valence-electron chi connectivity index (χ1n) is 5.40. The predicted octanol–water partition coefficient (Wildman–Crippen LogP) is 3.41. The summed E-state index contributed by atoms with van der Waals surface area (Å²) >= 11 is 3.27. The fraction of sp³-hybridized carbons (Fsp3) is 0.333. The third kappa shape index (κ3) is 4.28. The fourth-order valence-corrected chi connectivity index (χ4v) is 1.97. The molecule has 0 radical (unpaired) electrons. The van der Waals surface area contributed by atoms with Crippen molar-refractivity contribution in [1.29, 1.82) is 0 Å². The lowest BCUT2D eigenvalue weighted by Gasteiger charge is -2.06. The maximum atomic E-state index is 10.7. The number of benzene rings is 1. The second-order valence-electron chi connectivity index (χ2n) is 3.54. The van der Waals surface area contributed by atoms with Gasteiger partial charge in [-0.05, 0) is 41.4 Å². The quantitative estimate of drug-likeness (QED) is 0.379. The summed E-state index contributed by atoms with van der Waals surface area (Å²) < 4.78 is 0.559. The zero-order valence-electron chi connectivity index (χ0n) is 9.65. The normalized spacial score (nSPS) is 10.9. The summed E-state index contributed by atoms with van der Waals surface area (Å²) in [5.41, 5.74) is 1.01. The highest BCUT2D eigenvalue weighted by Gasteiger charge is 2.13. The van der Waals surface area contributed by atoms with Crippen LogP contribution in [0.3, 0.4) is 0 Å². The van der Waals surface area contributed by atoms with Crippen molar-refractivity contribution in [3.05, 3.63) is 50.5 Å². The van der Waals surface area contributed by atoms with E-state index in [1.165, 1.54) is 6.07 Å². The van der Waals surface area contributed by atoms with Gasteiger partial charge in [-0.15, -0.1) is 0 Å². The smallest absolute Gasteiger partial charge is 0.283 e. The summed E-state index contributed by atoms with van der Waals surface area (Å²) in [5.74, 6) is 0. The van der Waals surface area contributed by atoms with E-state index in [1.807, 2.05) is 19.1 Å². The standard InChI is InChI=1S/C12H15BrN2O2/c1-2-3-4-8-14-9-10-6-5-7-11(12(10)13)15(16)17/h2-3,5-7,14H,4,8-9H2,1H3/b3-2+. The van der Waals surface area contributed by atoms with E-state index < -0.39 is 0 Å². The van der Waals surface area contributed by atoms with Crippen molar-refractivity contribution < 1.29 is 4.92 Å². The molecular weight excluding hydrogens is 284 g/mol. The third-order valence-corrected chi connectivity index (χ3v) is 3.21. The molecule has 0 bridgehead atoms. The maximum Gasteiger partial charge on any atom is 0.283 e. The Morgan fingerprint density at radius 3 is 2.94 bits per heavy atom. The number of halogens is 1. The first kappa shape index (κ1) is 13.9. The molecule has 0 fully saturated rings. The molecule has 0 unspecified atom stereocenters. The first-order chi connectivity index (χ1) is 8.16. The van der Waals surface area contributed by atoms with Gasteiger partial charge in [-0.2, -0.15) is 0 Å². The number of nitro benzene ring substituents is 1. The van der Waals surface area contributed by atoms with E-state index in [0.29, 0.717) is 11.0 Å². The molecule has 0 aliphatic heterocycles. The van der Waals surface area contributed by atoms with E-state index in [9.17, 15) is 10.1 Å². The van der Waals surface area contributed by atoms with E-state index in [-0.39, 0.29) is 10.6 Å². The molecule has 92 valence electrons. The molecular formula is C12H15BrN2O2. The van der Waals surface area contributed by atoms with Gasteiger partial charge in [-0.25, -0.2) is 0 Å². The molecule has 1 aromatic carbocycles. The summed E-state index contributed by atoms with van der Waals surface area (Å²) in [6.45, 7) is 3.47. The molecule has 1 N–H and O–H groups in total. The fourth-order valence-electron chi connectivity index (χ4n) is 1.42. The van der Waals surface area contributed by atoms with Gasteiger partial charge in [0.15, 0.2) is 0 Å². The summed E-state index contributed by atoms with van der Waals surface area (Å²) in [7, 11) is 0. The van der Waals surface area contributed by atoms with E-state index >= 15 is 0 Å². The Morgan fingerprint density at radius 2 is 2.29 bits per heavy atom. The van der Waals surface area contributed by atoms with Gasteiger partial charge in [0.05, 0.1) is 9.40 Å². The molecule has 0 spiro atoms. The SMILES string of the molecule is C/C=C/CCNCc1cccc([N+](=O)[O-])c1Br. The predicted molar refractivity (Wildman–Crippen MR) is 71.9 cm³/mol. The average molecular weight is 299 g/mol. The zero-order valence-corrected chi connectivity index (χ0v) is 11.2. The summed E-state index contributed by atoms with van der Waals surface area (Å²) in [4.78, 5) is 10.4. The van der Waals surface area contributed by atoms with Crippen LogP contribution in [0.2, 0.25) is 0 Å². The van der Waals surface area contributed by atoms with Gasteiger partial charge < -0.3 is 5.32 Å². The van der Waals surface area contributed by atoms with E-state index in [4.69, 9.17) is 0 Å². The number of allylic oxidation sites excluding steroid dienone is 1. The number of nitrogens with zero attached hydrogens (tertiary/aromatic N) is 1. The van der Waals surface area contributed by atoms with Crippen LogP contribution in [-0.2, 0) is 6.54 Å². The minimum Gasteiger partial charge on any atom is -0.312 e. The summed E-state index contributed by atoms with van der Waals surface area (Å²) in [6, 6.07) is 5.07. The molecule has 0 saturated carbocycles. The molecule has 0 saturated heterocycles.